The SMILES string of the molecule is O=C(c1cccc(F)c1I)N1CC1. The molecule has 1 aromatic carbocycles. The molecule has 68 valence electrons. The van der Waals surface area contributed by atoms with Gasteiger partial charge in [0.2, 0.25) is 0 Å². The van der Waals surface area contributed by atoms with Gasteiger partial charge in [-0.25, -0.2) is 4.39 Å². The topological polar surface area (TPSA) is 20.1 Å². The highest BCUT2D eigenvalue weighted by Crippen LogP contribution is 2.20. The maximum atomic E-state index is 13.0. The lowest BCUT2D eigenvalue weighted by Gasteiger charge is -2.04. The van der Waals surface area contributed by atoms with E-state index in [2.05, 4.69) is 0 Å². The number of hydrogen-bond acceptors (Lipinski definition) is 1. The summed E-state index contributed by atoms with van der Waals surface area (Å²) in [5.41, 5.74) is 0.470. The minimum absolute atomic E-state index is 0.0658. The van der Waals surface area contributed by atoms with Crippen LogP contribution in [0.5, 0.6) is 0 Å². The molecule has 0 aliphatic carbocycles. The van der Waals surface area contributed by atoms with Gasteiger partial charge in [0.05, 0.1) is 9.13 Å². The molecular formula is C9H7FINO. The smallest absolute Gasteiger partial charge is 0.255 e. The molecule has 0 unspecified atom stereocenters. The molecule has 4 heteroatoms. The van der Waals surface area contributed by atoms with Gasteiger partial charge < -0.3 is 4.90 Å². The van der Waals surface area contributed by atoms with Gasteiger partial charge in [-0.3, -0.25) is 4.79 Å². The van der Waals surface area contributed by atoms with Crippen LogP contribution < -0.4 is 0 Å². The van der Waals surface area contributed by atoms with Crippen LogP contribution in [0.3, 0.4) is 0 Å². The van der Waals surface area contributed by atoms with E-state index in [0.29, 0.717) is 9.13 Å². The van der Waals surface area contributed by atoms with Crippen LogP contribution in [-0.4, -0.2) is 23.9 Å². The van der Waals surface area contributed by atoms with Crippen molar-refractivity contribution in [2.45, 2.75) is 0 Å². The Morgan fingerprint density at radius 2 is 2.15 bits per heavy atom. The van der Waals surface area contributed by atoms with Gasteiger partial charge in [-0.15, -0.1) is 0 Å². The number of amides is 1. The van der Waals surface area contributed by atoms with E-state index in [1.807, 2.05) is 22.6 Å². The third kappa shape index (κ3) is 1.67. The van der Waals surface area contributed by atoms with E-state index in [-0.39, 0.29) is 11.7 Å². The summed E-state index contributed by atoms with van der Waals surface area (Å²) in [6, 6.07) is 4.58. The molecule has 1 fully saturated rings. The fourth-order valence-electron chi connectivity index (χ4n) is 1.09. The summed E-state index contributed by atoms with van der Waals surface area (Å²) in [6.45, 7) is 1.59. The van der Waals surface area contributed by atoms with E-state index in [1.165, 1.54) is 6.07 Å². The summed E-state index contributed by atoms with van der Waals surface area (Å²) >= 11 is 1.86. The van der Waals surface area contributed by atoms with Gasteiger partial charge in [0.25, 0.3) is 5.91 Å². The summed E-state index contributed by atoms with van der Waals surface area (Å²) in [4.78, 5) is 13.2. The van der Waals surface area contributed by atoms with E-state index in [1.54, 1.807) is 17.0 Å². The molecule has 1 aromatic rings. The Balaban J connectivity index is 2.38. The first-order valence-electron chi connectivity index (χ1n) is 3.93. The Bertz CT molecular complexity index is 363. The Kier molecular flexibility index (Phi) is 2.23. The normalized spacial score (nSPS) is 14.5. The highest BCUT2D eigenvalue weighted by atomic mass is 127. The first kappa shape index (κ1) is 8.93. The third-order valence-corrected chi connectivity index (χ3v) is 3.01. The van der Waals surface area contributed by atoms with Gasteiger partial charge in [0.1, 0.15) is 5.82 Å². The van der Waals surface area contributed by atoms with Crippen molar-refractivity contribution >= 4 is 28.5 Å². The molecule has 2 nitrogen and oxygen atoms in total. The summed E-state index contributed by atoms with van der Waals surface area (Å²) in [5, 5.41) is 0. The van der Waals surface area contributed by atoms with Crippen LogP contribution in [-0.2, 0) is 0 Å². The van der Waals surface area contributed by atoms with Gasteiger partial charge in [0.15, 0.2) is 0 Å². The molecule has 0 bridgehead atoms. The Morgan fingerprint density at radius 3 is 2.77 bits per heavy atom. The zero-order valence-electron chi connectivity index (χ0n) is 6.76. The second-order valence-electron chi connectivity index (χ2n) is 2.89. The predicted molar refractivity (Wildman–Crippen MR) is 55.0 cm³/mol. The molecule has 0 N–H and O–H groups in total. The van der Waals surface area contributed by atoms with Gasteiger partial charge in [0, 0.05) is 13.1 Å². The first-order valence-corrected chi connectivity index (χ1v) is 5.01. The number of halogens is 2. The maximum absolute atomic E-state index is 13.0. The number of hydrogen-bond donors (Lipinski definition) is 0. The molecule has 1 saturated heterocycles. The number of carbonyl (C=O) groups excluding carboxylic acids is 1. The predicted octanol–water partition coefficient (Wildman–Crippen LogP) is 1.89. The second kappa shape index (κ2) is 3.25. The van der Waals surface area contributed by atoms with E-state index in [9.17, 15) is 9.18 Å². The van der Waals surface area contributed by atoms with Crippen LogP contribution in [0.25, 0.3) is 0 Å². The van der Waals surface area contributed by atoms with Crippen molar-refractivity contribution in [1.29, 1.82) is 0 Å². The van der Waals surface area contributed by atoms with Crippen molar-refractivity contribution in [2.75, 3.05) is 13.1 Å². The fraction of sp³-hybridized carbons (Fsp3) is 0.222. The van der Waals surface area contributed by atoms with Gasteiger partial charge in [-0.05, 0) is 34.7 Å². The van der Waals surface area contributed by atoms with Crippen molar-refractivity contribution in [1.82, 2.24) is 4.90 Å². The highest BCUT2D eigenvalue weighted by molar-refractivity contribution is 14.1. The molecule has 1 heterocycles. The lowest BCUT2D eigenvalue weighted by Crippen LogP contribution is -2.12. The molecule has 0 spiro atoms. The summed E-state index contributed by atoms with van der Waals surface area (Å²) in [5.74, 6) is -0.391. The molecule has 2 rings (SSSR count). The monoisotopic (exact) mass is 291 g/mol. The van der Waals surface area contributed by atoms with Crippen LogP contribution in [0.4, 0.5) is 4.39 Å². The van der Waals surface area contributed by atoms with E-state index >= 15 is 0 Å². The third-order valence-electron chi connectivity index (χ3n) is 1.92. The Morgan fingerprint density at radius 1 is 1.46 bits per heavy atom. The van der Waals surface area contributed by atoms with E-state index in [4.69, 9.17) is 0 Å². The van der Waals surface area contributed by atoms with Gasteiger partial charge >= 0.3 is 0 Å². The first-order chi connectivity index (χ1) is 6.20. The standard InChI is InChI=1S/C9H7FINO/c10-7-3-1-2-6(8(7)11)9(13)12-4-5-12/h1-3H,4-5H2. The van der Waals surface area contributed by atoms with Crippen molar-refractivity contribution in [2.24, 2.45) is 0 Å². The maximum Gasteiger partial charge on any atom is 0.255 e. The van der Waals surface area contributed by atoms with Crippen LogP contribution in [0.2, 0.25) is 0 Å². The number of nitrogens with zero attached hydrogens (tertiary/aromatic N) is 1. The molecule has 0 radical (unpaired) electrons. The Hall–Kier alpha value is -0.650. The number of benzene rings is 1. The average Bonchev–Trinajstić information content (AvgIpc) is 2.91. The summed E-state index contributed by atoms with van der Waals surface area (Å²) in [7, 11) is 0. The molecule has 13 heavy (non-hydrogen) atoms. The molecule has 0 saturated carbocycles. The quantitative estimate of drug-likeness (QED) is 0.571. The highest BCUT2D eigenvalue weighted by Gasteiger charge is 2.27. The van der Waals surface area contributed by atoms with Crippen molar-refractivity contribution in [3.8, 4) is 0 Å². The second-order valence-corrected chi connectivity index (χ2v) is 3.97. The van der Waals surface area contributed by atoms with E-state index in [0.717, 1.165) is 13.1 Å². The minimum Gasteiger partial charge on any atom is -0.335 e. The van der Waals surface area contributed by atoms with E-state index < -0.39 is 0 Å². The van der Waals surface area contributed by atoms with Crippen LogP contribution in [0, 0.1) is 9.39 Å². The molecule has 0 atom stereocenters. The number of rotatable bonds is 1. The molecule has 0 aromatic heterocycles. The summed E-state index contributed by atoms with van der Waals surface area (Å²) < 4.78 is 13.5. The lowest BCUT2D eigenvalue weighted by atomic mass is 10.2. The molecular weight excluding hydrogens is 284 g/mol. The zero-order chi connectivity index (χ0) is 9.42. The zero-order valence-corrected chi connectivity index (χ0v) is 8.92. The van der Waals surface area contributed by atoms with Crippen molar-refractivity contribution in [3.63, 3.8) is 0 Å². The molecule has 1 aliphatic heterocycles. The van der Waals surface area contributed by atoms with Gasteiger partial charge in [-0.2, -0.15) is 0 Å². The largest absolute Gasteiger partial charge is 0.335 e. The Labute approximate surface area is 88.9 Å². The van der Waals surface area contributed by atoms with Crippen LogP contribution in [0.15, 0.2) is 18.2 Å². The van der Waals surface area contributed by atoms with Crippen molar-refractivity contribution < 1.29 is 9.18 Å². The van der Waals surface area contributed by atoms with Crippen LogP contribution in [0.1, 0.15) is 10.4 Å². The average molecular weight is 291 g/mol. The van der Waals surface area contributed by atoms with Gasteiger partial charge in [-0.1, -0.05) is 6.07 Å². The number of carbonyl (C=O) groups is 1. The minimum atomic E-state index is -0.326. The lowest BCUT2D eigenvalue weighted by molar-refractivity contribution is 0.0884. The van der Waals surface area contributed by atoms with Crippen molar-refractivity contribution in [3.05, 3.63) is 33.1 Å². The summed E-state index contributed by atoms with van der Waals surface area (Å²) in [6.07, 6.45) is 0. The fourth-order valence-corrected chi connectivity index (χ4v) is 1.68. The van der Waals surface area contributed by atoms with Crippen LogP contribution >= 0.6 is 22.6 Å². The molecule has 1 amide bonds. The molecule has 1 aliphatic rings.